The molecule has 1 N–H and O–H groups in total. The molecule has 1 aliphatic rings. The number of thiocarbonyl (C=S) groups is 1. The summed E-state index contributed by atoms with van der Waals surface area (Å²) in [6, 6.07) is 13.1. The maximum absolute atomic E-state index is 12.7. The fourth-order valence-electron chi connectivity index (χ4n) is 2.74. The molecular weight excluding hydrogens is 412 g/mol. The second kappa shape index (κ2) is 8.90. The third-order valence-corrected chi connectivity index (χ3v) is 6.23. The summed E-state index contributed by atoms with van der Waals surface area (Å²) >= 11 is 12.7. The number of carbonyl (C=O) groups excluding carboxylic acids is 2. The van der Waals surface area contributed by atoms with E-state index in [1.165, 1.54) is 16.7 Å². The Hall–Kier alpha value is -2.15. The molecule has 0 saturated carbocycles. The van der Waals surface area contributed by atoms with Crippen molar-refractivity contribution in [3.8, 4) is 0 Å². The average molecular weight is 431 g/mol. The molecule has 0 aromatic heterocycles. The van der Waals surface area contributed by atoms with Gasteiger partial charge in [-0.2, -0.15) is 0 Å². The predicted molar refractivity (Wildman–Crippen MR) is 120 cm³/mol. The molecule has 7 heteroatoms. The van der Waals surface area contributed by atoms with Crippen LogP contribution in [-0.2, 0) is 9.59 Å². The first-order valence-electron chi connectivity index (χ1n) is 8.73. The number of hydrogen-bond acceptors (Lipinski definition) is 4. The van der Waals surface area contributed by atoms with Crippen LogP contribution >= 0.6 is 35.6 Å². The zero-order valence-corrected chi connectivity index (χ0v) is 17.9. The van der Waals surface area contributed by atoms with E-state index in [-0.39, 0.29) is 24.8 Å². The second-order valence-corrected chi connectivity index (χ2v) is 8.48. The van der Waals surface area contributed by atoms with E-state index in [1.54, 1.807) is 12.1 Å². The number of rotatable bonds is 5. The molecule has 2 amide bonds. The molecule has 0 unspecified atom stereocenters. The van der Waals surface area contributed by atoms with E-state index in [0.717, 1.165) is 22.4 Å². The number of hydrogen-bond donors (Lipinski definition) is 1. The molecule has 1 fully saturated rings. The number of nitrogens with zero attached hydrogens (tertiary/aromatic N) is 1. The Labute approximate surface area is 178 Å². The molecule has 3 rings (SSSR count). The molecule has 4 nitrogen and oxygen atoms in total. The van der Waals surface area contributed by atoms with Crippen LogP contribution in [0.1, 0.15) is 23.1 Å². The van der Waals surface area contributed by atoms with Crippen molar-refractivity contribution in [3.63, 3.8) is 0 Å². The summed E-state index contributed by atoms with van der Waals surface area (Å²) < 4.78 is 0.447. The maximum Gasteiger partial charge on any atom is 0.266 e. The minimum absolute atomic E-state index is 0.155. The van der Waals surface area contributed by atoms with Crippen molar-refractivity contribution < 1.29 is 9.59 Å². The zero-order chi connectivity index (χ0) is 20.3. The highest BCUT2D eigenvalue weighted by atomic mass is 35.5. The monoisotopic (exact) mass is 430 g/mol. The van der Waals surface area contributed by atoms with Crippen LogP contribution in [0.5, 0.6) is 0 Å². The summed E-state index contributed by atoms with van der Waals surface area (Å²) in [4.78, 5) is 27.0. The number of nitrogens with one attached hydrogen (secondary N) is 1. The van der Waals surface area contributed by atoms with Crippen molar-refractivity contribution in [1.82, 2.24) is 4.90 Å². The Balaban J connectivity index is 1.64. The Morgan fingerprint density at radius 3 is 2.71 bits per heavy atom. The first-order valence-corrected chi connectivity index (χ1v) is 10.3. The normalized spacial score (nSPS) is 15.4. The van der Waals surface area contributed by atoms with E-state index in [0.29, 0.717) is 14.2 Å². The van der Waals surface area contributed by atoms with Gasteiger partial charge in [0.05, 0.1) is 4.91 Å². The third kappa shape index (κ3) is 4.63. The van der Waals surface area contributed by atoms with E-state index in [2.05, 4.69) is 5.32 Å². The number of carbonyl (C=O) groups is 2. The standard InChI is InChI=1S/C21H19ClN2O2S2/c1-13-6-5-9-17(14(13)2)23-19(25)10-11-24-20(26)18(28-21(24)27)12-15-7-3-4-8-16(15)22/h3-9,12H,10-11H2,1-2H3,(H,23,25)/b18-12+. The van der Waals surface area contributed by atoms with Gasteiger partial charge in [-0.3, -0.25) is 14.5 Å². The molecule has 144 valence electrons. The molecule has 28 heavy (non-hydrogen) atoms. The molecule has 0 atom stereocenters. The van der Waals surface area contributed by atoms with Gasteiger partial charge >= 0.3 is 0 Å². The predicted octanol–water partition coefficient (Wildman–Crippen LogP) is 5.19. The molecule has 1 saturated heterocycles. The molecular formula is C21H19ClN2O2S2. The van der Waals surface area contributed by atoms with Gasteiger partial charge in [-0.25, -0.2) is 0 Å². The number of thioether (sulfide) groups is 1. The van der Waals surface area contributed by atoms with Crippen molar-refractivity contribution >= 4 is 63.5 Å². The Morgan fingerprint density at radius 1 is 1.21 bits per heavy atom. The minimum atomic E-state index is -0.200. The smallest absolute Gasteiger partial charge is 0.266 e. The highest BCUT2D eigenvalue weighted by Gasteiger charge is 2.32. The van der Waals surface area contributed by atoms with Crippen LogP contribution in [0.2, 0.25) is 5.02 Å². The van der Waals surface area contributed by atoms with Crippen molar-refractivity contribution in [2.75, 3.05) is 11.9 Å². The largest absolute Gasteiger partial charge is 0.326 e. The van der Waals surface area contributed by atoms with E-state index >= 15 is 0 Å². The fourth-order valence-corrected chi connectivity index (χ4v) is 4.23. The lowest BCUT2D eigenvalue weighted by Gasteiger charge is -2.15. The molecule has 0 radical (unpaired) electrons. The molecule has 0 spiro atoms. The van der Waals surface area contributed by atoms with Crippen LogP contribution in [0, 0.1) is 13.8 Å². The summed E-state index contributed by atoms with van der Waals surface area (Å²) in [6.45, 7) is 4.20. The van der Waals surface area contributed by atoms with Gasteiger partial charge in [0.1, 0.15) is 4.32 Å². The highest BCUT2D eigenvalue weighted by Crippen LogP contribution is 2.33. The van der Waals surface area contributed by atoms with E-state index < -0.39 is 0 Å². The van der Waals surface area contributed by atoms with Crippen molar-refractivity contribution in [1.29, 1.82) is 0 Å². The molecule has 0 bridgehead atoms. The van der Waals surface area contributed by atoms with Gasteiger partial charge in [-0.1, -0.05) is 65.9 Å². The molecule has 2 aromatic rings. The number of aryl methyl sites for hydroxylation is 1. The quantitative estimate of drug-likeness (QED) is 0.524. The Bertz CT molecular complexity index is 988. The summed E-state index contributed by atoms with van der Waals surface area (Å²) in [6.07, 6.45) is 1.90. The first kappa shape index (κ1) is 20.6. The Morgan fingerprint density at radius 2 is 1.96 bits per heavy atom. The first-order chi connectivity index (χ1) is 13.4. The van der Waals surface area contributed by atoms with Gasteiger partial charge < -0.3 is 5.32 Å². The van der Waals surface area contributed by atoms with Crippen molar-refractivity contribution in [2.24, 2.45) is 0 Å². The van der Waals surface area contributed by atoms with Gasteiger partial charge in [-0.05, 0) is 48.7 Å². The van der Waals surface area contributed by atoms with Gasteiger partial charge in [0.2, 0.25) is 5.91 Å². The molecule has 1 aliphatic heterocycles. The summed E-state index contributed by atoms with van der Waals surface area (Å²) in [5, 5.41) is 3.47. The maximum atomic E-state index is 12.7. The highest BCUT2D eigenvalue weighted by molar-refractivity contribution is 8.26. The van der Waals surface area contributed by atoms with Crippen LogP contribution < -0.4 is 5.32 Å². The van der Waals surface area contributed by atoms with E-state index in [1.807, 2.05) is 50.2 Å². The number of amides is 2. The Kier molecular flexibility index (Phi) is 6.54. The SMILES string of the molecule is Cc1cccc(NC(=O)CCN2C(=O)/C(=C\c3ccccc3Cl)SC2=S)c1C. The molecule has 0 aliphatic carbocycles. The van der Waals surface area contributed by atoms with Crippen molar-refractivity contribution in [2.45, 2.75) is 20.3 Å². The average Bonchev–Trinajstić information content (AvgIpc) is 2.92. The third-order valence-electron chi connectivity index (χ3n) is 4.51. The van der Waals surface area contributed by atoms with Crippen LogP contribution in [-0.4, -0.2) is 27.6 Å². The van der Waals surface area contributed by atoms with E-state index in [9.17, 15) is 9.59 Å². The lowest BCUT2D eigenvalue weighted by Crippen LogP contribution is -2.31. The van der Waals surface area contributed by atoms with E-state index in [4.69, 9.17) is 23.8 Å². The minimum Gasteiger partial charge on any atom is -0.326 e. The van der Waals surface area contributed by atoms with Gasteiger partial charge in [0.25, 0.3) is 5.91 Å². The topological polar surface area (TPSA) is 49.4 Å². The summed E-state index contributed by atoms with van der Waals surface area (Å²) in [5.41, 5.74) is 3.69. The van der Waals surface area contributed by atoms with Gasteiger partial charge in [-0.15, -0.1) is 0 Å². The fraction of sp³-hybridized carbons (Fsp3) is 0.190. The number of anilines is 1. The molecule has 2 aromatic carbocycles. The zero-order valence-electron chi connectivity index (χ0n) is 15.5. The van der Waals surface area contributed by atoms with Crippen LogP contribution in [0.25, 0.3) is 6.08 Å². The van der Waals surface area contributed by atoms with Crippen LogP contribution in [0.4, 0.5) is 5.69 Å². The van der Waals surface area contributed by atoms with Crippen molar-refractivity contribution in [3.05, 3.63) is 69.1 Å². The molecule has 1 heterocycles. The lowest BCUT2D eigenvalue weighted by atomic mass is 10.1. The van der Waals surface area contributed by atoms with Crippen LogP contribution in [0.3, 0.4) is 0 Å². The van der Waals surface area contributed by atoms with Gasteiger partial charge in [0.15, 0.2) is 0 Å². The summed E-state index contributed by atoms with van der Waals surface area (Å²) in [5.74, 6) is -0.354. The van der Waals surface area contributed by atoms with Gasteiger partial charge in [0, 0.05) is 23.7 Å². The number of halogens is 1. The second-order valence-electron chi connectivity index (χ2n) is 6.40. The summed E-state index contributed by atoms with van der Waals surface area (Å²) in [7, 11) is 0. The lowest BCUT2D eigenvalue weighted by molar-refractivity contribution is -0.122. The van der Waals surface area contributed by atoms with Crippen LogP contribution in [0.15, 0.2) is 47.4 Å². The number of benzene rings is 2.